The van der Waals surface area contributed by atoms with Crippen LogP contribution in [0.15, 0.2) is 12.7 Å². The lowest BCUT2D eigenvalue weighted by molar-refractivity contribution is -0.128. The van der Waals surface area contributed by atoms with E-state index in [9.17, 15) is 4.79 Å². The zero-order chi connectivity index (χ0) is 5.70. The van der Waals surface area contributed by atoms with Crippen molar-refractivity contribution in [3.05, 3.63) is 12.7 Å². The lowest BCUT2D eigenvalue weighted by Gasteiger charge is -1.97. The largest absolute Gasteiger partial charge is 0.449 e. The molecule has 0 aromatic carbocycles. The first-order chi connectivity index (χ1) is 3.31. The Hall–Kier alpha value is -0.440. The second kappa shape index (κ2) is 3.74. The van der Waals surface area contributed by atoms with Crippen LogP contribution in [0.25, 0.3) is 0 Å². The van der Waals surface area contributed by atoms with Crippen molar-refractivity contribution >= 4 is 19.1 Å². The Balaban J connectivity index is 3.15. The van der Waals surface area contributed by atoms with Gasteiger partial charge in [0.15, 0.2) is 5.44 Å². The molecule has 0 heterocycles. The summed E-state index contributed by atoms with van der Waals surface area (Å²) in [5.74, 6) is 0. The molecular formula is C4H6O2S. The van der Waals surface area contributed by atoms with Crippen LogP contribution < -0.4 is 0 Å². The van der Waals surface area contributed by atoms with Crippen molar-refractivity contribution in [2.24, 2.45) is 0 Å². The number of carbonyl (C=O) groups is 1. The number of rotatable bonds is 3. The van der Waals surface area contributed by atoms with E-state index in [2.05, 4.69) is 23.9 Å². The molecule has 0 bridgehead atoms. The summed E-state index contributed by atoms with van der Waals surface area (Å²) < 4.78 is 4.26. The predicted molar refractivity (Wildman–Crippen MR) is 30.1 cm³/mol. The smallest absolute Gasteiger partial charge is 0.294 e. The fourth-order valence-corrected chi connectivity index (χ4v) is 0.162. The molecule has 0 saturated carbocycles. The van der Waals surface area contributed by atoms with Gasteiger partial charge in [0.05, 0.1) is 0 Å². The summed E-state index contributed by atoms with van der Waals surface area (Å²) in [5.41, 5.74) is -0.461. The topological polar surface area (TPSA) is 26.3 Å². The van der Waals surface area contributed by atoms with Crippen LogP contribution in [0.3, 0.4) is 0 Å². The maximum Gasteiger partial charge on any atom is 0.294 e. The van der Waals surface area contributed by atoms with Gasteiger partial charge in [-0.2, -0.15) is 0 Å². The van der Waals surface area contributed by atoms with Gasteiger partial charge in [-0.3, -0.25) is 4.79 Å². The van der Waals surface area contributed by atoms with E-state index in [-0.39, 0.29) is 0 Å². The van der Waals surface area contributed by atoms with Gasteiger partial charge in [-0.15, -0.1) is 12.6 Å². The van der Waals surface area contributed by atoms with Crippen molar-refractivity contribution in [1.29, 1.82) is 0 Å². The Morgan fingerprint density at radius 1 is 1.86 bits per heavy atom. The van der Waals surface area contributed by atoms with Crippen LogP contribution in [0.1, 0.15) is 0 Å². The second-order valence-electron chi connectivity index (χ2n) is 0.859. The van der Waals surface area contributed by atoms with Crippen molar-refractivity contribution < 1.29 is 9.53 Å². The monoisotopic (exact) mass is 118 g/mol. The molecule has 0 fully saturated rings. The summed E-state index contributed by atoms with van der Waals surface area (Å²) in [7, 11) is 0. The number of carbonyl (C=O) groups excluding carboxylic acids is 1. The first-order valence-electron chi connectivity index (χ1n) is 1.71. The van der Waals surface area contributed by atoms with Crippen LogP contribution in [-0.4, -0.2) is 11.9 Å². The predicted octanol–water partition coefficient (Wildman–Crippen LogP) is 0.601. The van der Waals surface area contributed by atoms with Crippen LogP contribution in [-0.2, 0) is 9.53 Å². The van der Waals surface area contributed by atoms with Crippen molar-refractivity contribution in [2.45, 2.75) is 5.44 Å². The maximum atomic E-state index is 9.46. The van der Waals surface area contributed by atoms with Gasteiger partial charge in [0, 0.05) is 0 Å². The van der Waals surface area contributed by atoms with Crippen LogP contribution in [0.2, 0.25) is 0 Å². The van der Waals surface area contributed by atoms with Gasteiger partial charge < -0.3 is 4.74 Å². The summed E-state index contributed by atoms with van der Waals surface area (Å²) in [6, 6.07) is 0. The Bertz CT molecular complexity index is 72.1. The summed E-state index contributed by atoms with van der Waals surface area (Å²) >= 11 is 3.74. The molecule has 0 amide bonds. The number of hydrogen-bond donors (Lipinski definition) is 1. The first-order valence-corrected chi connectivity index (χ1v) is 2.22. The van der Waals surface area contributed by atoms with Gasteiger partial charge in [0.25, 0.3) is 6.47 Å². The molecule has 0 aliphatic heterocycles. The molecule has 2 nitrogen and oxygen atoms in total. The molecule has 1 atom stereocenters. The molecule has 0 N–H and O–H groups in total. The second-order valence-corrected chi connectivity index (χ2v) is 1.37. The molecule has 0 aromatic heterocycles. The molecule has 1 unspecified atom stereocenters. The highest BCUT2D eigenvalue weighted by molar-refractivity contribution is 7.81. The van der Waals surface area contributed by atoms with Gasteiger partial charge in [-0.1, -0.05) is 6.58 Å². The average Bonchev–Trinajstić information content (AvgIpc) is 1.68. The Morgan fingerprint density at radius 3 is 2.57 bits per heavy atom. The lowest BCUT2D eigenvalue weighted by Crippen LogP contribution is -1.96. The van der Waals surface area contributed by atoms with Crippen molar-refractivity contribution in [3.8, 4) is 0 Å². The number of ether oxygens (including phenoxy) is 1. The lowest BCUT2D eigenvalue weighted by atomic mass is 10.7. The third-order valence-corrected chi connectivity index (χ3v) is 0.729. The van der Waals surface area contributed by atoms with Crippen LogP contribution in [0.5, 0.6) is 0 Å². The maximum absolute atomic E-state index is 9.46. The van der Waals surface area contributed by atoms with E-state index in [1.807, 2.05) is 0 Å². The fourth-order valence-electron chi connectivity index (χ4n) is 0.112. The van der Waals surface area contributed by atoms with Gasteiger partial charge in [-0.05, 0) is 6.08 Å². The van der Waals surface area contributed by atoms with Gasteiger partial charge >= 0.3 is 0 Å². The zero-order valence-corrected chi connectivity index (χ0v) is 4.60. The minimum atomic E-state index is -0.461. The highest BCUT2D eigenvalue weighted by Gasteiger charge is 1.89. The fraction of sp³-hybridized carbons (Fsp3) is 0.250. The van der Waals surface area contributed by atoms with E-state index < -0.39 is 5.44 Å². The van der Waals surface area contributed by atoms with Gasteiger partial charge in [-0.25, -0.2) is 0 Å². The van der Waals surface area contributed by atoms with Crippen LogP contribution in [0, 0.1) is 0 Å². The highest BCUT2D eigenvalue weighted by Crippen LogP contribution is 1.93. The Labute approximate surface area is 47.6 Å². The average molecular weight is 118 g/mol. The first kappa shape index (κ1) is 6.56. The highest BCUT2D eigenvalue weighted by atomic mass is 32.1. The molecule has 3 heteroatoms. The molecule has 0 spiro atoms. The van der Waals surface area contributed by atoms with Crippen molar-refractivity contribution in [3.63, 3.8) is 0 Å². The number of thiol groups is 1. The number of hydrogen-bond acceptors (Lipinski definition) is 3. The minimum Gasteiger partial charge on any atom is -0.449 e. The molecular weight excluding hydrogens is 112 g/mol. The molecule has 7 heavy (non-hydrogen) atoms. The van der Waals surface area contributed by atoms with Gasteiger partial charge in [0.2, 0.25) is 0 Å². The SMILES string of the molecule is C=CC(S)OC=O. The van der Waals surface area contributed by atoms with E-state index in [1.54, 1.807) is 0 Å². The standard InChI is InChI=1S/C4H6O2S/c1-2-4(7)6-3-5/h2-4,7H,1H2. The van der Waals surface area contributed by atoms with Gasteiger partial charge in [0.1, 0.15) is 0 Å². The summed E-state index contributed by atoms with van der Waals surface area (Å²) in [6.45, 7) is 3.65. The van der Waals surface area contributed by atoms with E-state index in [4.69, 9.17) is 0 Å². The molecule has 0 rings (SSSR count). The van der Waals surface area contributed by atoms with Crippen molar-refractivity contribution in [1.82, 2.24) is 0 Å². The summed E-state index contributed by atoms with van der Waals surface area (Å²) in [4.78, 5) is 9.46. The summed E-state index contributed by atoms with van der Waals surface area (Å²) in [6.07, 6.45) is 1.41. The molecule has 0 radical (unpaired) electrons. The third-order valence-electron chi connectivity index (χ3n) is 0.397. The molecule has 0 aromatic rings. The zero-order valence-electron chi connectivity index (χ0n) is 3.70. The molecule has 0 aliphatic carbocycles. The third kappa shape index (κ3) is 3.39. The van der Waals surface area contributed by atoms with Crippen molar-refractivity contribution in [2.75, 3.05) is 0 Å². The molecule has 0 aliphatic rings. The quantitative estimate of drug-likeness (QED) is 0.254. The minimum absolute atomic E-state index is 0.333. The van der Waals surface area contributed by atoms with E-state index >= 15 is 0 Å². The molecule has 0 saturated heterocycles. The van der Waals surface area contributed by atoms with E-state index in [0.717, 1.165) is 0 Å². The molecule has 40 valence electrons. The normalized spacial score (nSPS) is 12.1. The summed E-state index contributed by atoms with van der Waals surface area (Å²) in [5, 5.41) is 0. The Kier molecular flexibility index (Phi) is 3.50. The van der Waals surface area contributed by atoms with E-state index in [0.29, 0.717) is 6.47 Å². The van der Waals surface area contributed by atoms with Crippen LogP contribution >= 0.6 is 12.6 Å². The van der Waals surface area contributed by atoms with E-state index in [1.165, 1.54) is 6.08 Å². The van der Waals surface area contributed by atoms with Crippen LogP contribution in [0.4, 0.5) is 0 Å². The Morgan fingerprint density at radius 2 is 2.43 bits per heavy atom.